The molecule has 6 nitrogen and oxygen atoms in total. The average Bonchev–Trinajstić information content (AvgIpc) is 3.51. The number of hydrogen-bond acceptors (Lipinski definition) is 5. The quantitative estimate of drug-likeness (QED) is 0.450. The SMILES string of the molecule is c1cncc(-c2cc3c(cn2)[nH]c2ncc(NCC4CC4c4ccncc4)cc23)c1. The van der Waals surface area contributed by atoms with E-state index < -0.39 is 0 Å². The molecule has 0 bridgehead atoms. The molecule has 1 saturated carbocycles. The van der Waals surface area contributed by atoms with Crippen LogP contribution in [-0.4, -0.2) is 31.5 Å². The van der Waals surface area contributed by atoms with Crippen molar-refractivity contribution in [2.75, 3.05) is 11.9 Å². The fourth-order valence-electron chi connectivity index (χ4n) is 4.18. The molecule has 0 aromatic carbocycles. The van der Waals surface area contributed by atoms with E-state index in [1.165, 1.54) is 12.0 Å². The molecule has 2 N–H and O–H groups in total. The third-order valence-electron chi connectivity index (χ3n) is 5.92. The Morgan fingerprint density at radius 3 is 2.73 bits per heavy atom. The van der Waals surface area contributed by atoms with E-state index in [1.54, 1.807) is 6.20 Å². The molecule has 5 heterocycles. The first-order valence-electron chi connectivity index (χ1n) is 10.2. The topological polar surface area (TPSA) is 79.4 Å². The van der Waals surface area contributed by atoms with Gasteiger partial charge in [-0.2, -0.15) is 0 Å². The highest BCUT2D eigenvalue weighted by atomic mass is 14.9. The van der Waals surface area contributed by atoms with Crippen molar-refractivity contribution in [1.29, 1.82) is 0 Å². The van der Waals surface area contributed by atoms with Gasteiger partial charge in [0.1, 0.15) is 5.65 Å². The number of H-pyrrole nitrogens is 1. The van der Waals surface area contributed by atoms with Gasteiger partial charge in [-0.3, -0.25) is 15.0 Å². The molecule has 5 aromatic heterocycles. The lowest BCUT2D eigenvalue weighted by Gasteiger charge is -2.06. The molecule has 6 heteroatoms. The van der Waals surface area contributed by atoms with Crippen LogP contribution in [0, 0.1) is 5.92 Å². The second-order valence-electron chi connectivity index (χ2n) is 7.87. The van der Waals surface area contributed by atoms with Crippen LogP contribution in [0.15, 0.2) is 73.6 Å². The molecule has 30 heavy (non-hydrogen) atoms. The van der Waals surface area contributed by atoms with Crippen LogP contribution in [0.5, 0.6) is 0 Å². The molecule has 0 radical (unpaired) electrons. The molecule has 146 valence electrons. The molecule has 1 fully saturated rings. The predicted octanol–water partition coefficient (Wildman–Crippen LogP) is 4.78. The first kappa shape index (κ1) is 17.1. The Bertz CT molecular complexity index is 1330. The van der Waals surface area contributed by atoms with E-state index in [-0.39, 0.29) is 0 Å². The molecule has 0 amide bonds. The summed E-state index contributed by atoms with van der Waals surface area (Å²) in [6, 6.07) is 12.5. The molecular formula is C24H20N6. The van der Waals surface area contributed by atoms with Gasteiger partial charge in [0.2, 0.25) is 0 Å². The maximum absolute atomic E-state index is 4.63. The molecule has 0 aliphatic heterocycles. The molecule has 6 rings (SSSR count). The molecule has 2 unspecified atom stereocenters. The maximum atomic E-state index is 4.63. The standard InChI is InChI=1S/C24H20N6/c1-2-16(11-26-5-1)22-10-20-21-9-18(13-29-24(21)30-23(20)14-28-22)27-12-17-8-19(17)15-3-6-25-7-4-15/h1-7,9-11,13-14,17,19,27H,8,12H2,(H,29,30). The van der Waals surface area contributed by atoms with Crippen LogP contribution in [0.2, 0.25) is 0 Å². The monoisotopic (exact) mass is 392 g/mol. The van der Waals surface area contributed by atoms with Crippen molar-refractivity contribution in [2.45, 2.75) is 12.3 Å². The smallest absolute Gasteiger partial charge is 0.138 e. The molecule has 1 aliphatic carbocycles. The summed E-state index contributed by atoms with van der Waals surface area (Å²) in [6.07, 6.45) is 12.4. The van der Waals surface area contributed by atoms with Gasteiger partial charge in [0.15, 0.2) is 0 Å². The molecular weight excluding hydrogens is 372 g/mol. The number of nitrogens with one attached hydrogen (secondary N) is 2. The van der Waals surface area contributed by atoms with Crippen molar-refractivity contribution in [3.05, 3.63) is 79.1 Å². The number of nitrogens with zero attached hydrogens (tertiary/aromatic N) is 4. The van der Waals surface area contributed by atoms with Crippen LogP contribution in [-0.2, 0) is 0 Å². The highest BCUT2D eigenvalue weighted by Gasteiger charge is 2.37. The Morgan fingerprint density at radius 2 is 1.87 bits per heavy atom. The van der Waals surface area contributed by atoms with Gasteiger partial charge in [0, 0.05) is 47.7 Å². The van der Waals surface area contributed by atoms with E-state index in [2.05, 4.69) is 54.5 Å². The van der Waals surface area contributed by atoms with Crippen molar-refractivity contribution in [1.82, 2.24) is 24.9 Å². The first-order valence-corrected chi connectivity index (χ1v) is 10.2. The minimum Gasteiger partial charge on any atom is -0.383 e. The molecule has 1 aliphatic rings. The van der Waals surface area contributed by atoms with Crippen molar-refractivity contribution in [3.63, 3.8) is 0 Å². The number of anilines is 1. The highest BCUT2D eigenvalue weighted by molar-refractivity contribution is 6.07. The van der Waals surface area contributed by atoms with Crippen LogP contribution >= 0.6 is 0 Å². The fourth-order valence-corrected chi connectivity index (χ4v) is 4.18. The van der Waals surface area contributed by atoms with E-state index >= 15 is 0 Å². The number of fused-ring (bicyclic) bond motifs is 3. The summed E-state index contributed by atoms with van der Waals surface area (Å²) >= 11 is 0. The highest BCUT2D eigenvalue weighted by Crippen LogP contribution is 2.47. The van der Waals surface area contributed by atoms with Crippen LogP contribution in [0.3, 0.4) is 0 Å². The summed E-state index contributed by atoms with van der Waals surface area (Å²) in [5, 5.41) is 5.80. The number of aromatic nitrogens is 5. The Balaban J connectivity index is 1.26. The van der Waals surface area contributed by atoms with Crippen molar-refractivity contribution in [2.24, 2.45) is 5.92 Å². The van der Waals surface area contributed by atoms with E-state index in [1.807, 2.05) is 43.1 Å². The van der Waals surface area contributed by atoms with E-state index in [0.29, 0.717) is 11.8 Å². The minimum absolute atomic E-state index is 0.637. The second kappa shape index (κ2) is 6.91. The van der Waals surface area contributed by atoms with Gasteiger partial charge in [-0.05, 0) is 60.2 Å². The molecule has 0 saturated heterocycles. The number of pyridine rings is 4. The number of hydrogen-bond donors (Lipinski definition) is 2. The molecule has 2 atom stereocenters. The maximum Gasteiger partial charge on any atom is 0.138 e. The first-order chi connectivity index (χ1) is 14.8. The summed E-state index contributed by atoms with van der Waals surface area (Å²) < 4.78 is 0. The summed E-state index contributed by atoms with van der Waals surface area (Å²) in [5.74, 6) is 1.30. The molecule has 5 aromatic rings. The van der Waals surface area contributed by atoms with Crippen LogP contribution in [0.25, 0.3) is 33.2 Å². The van der Waals surface area contributed by atoms with E-state index in [0.717, 1.165) is 45.4 Å². The summed E-state index contributed by atoms with van der Waals surface area (Å²) in [7, 11) is 0. The van der Waals surface area contributed by atoms with Gasteiger partial charge in [-0.1, -0.05) is 0 Å². The lowest BCUT2D eigenvalue weighted by Crippen LogP contribution is -2.04. The lowest BCUT2D eigenvalue weighted by atomic mass is 10.1. The van der Waals surface area contributed by atoms with Crippen LogP contribution < -0.4 is 5.32 Å². The zero-order valence-electron chi connectivity index (χ0n) is 16.3. The number of aromatic amines is 1. The summed E-state index contributed by atoms with van der Waals surface area (Å²) in [6.45, 7) is 0.949. The van der Waals surface area contributed by atoms with Gasteiger partial charge >= 0.3 is 0 Å². The Kier molecular flexibility index (Phi) is 3.94. The van der Waals surface area contributed by atoms with Gasteiger partial charge in [0.25, 0.3) is 0 Å². The summed E-state index contributed by atoms with van der Waals surface area (Å²) in [5.41, 5.74) is 6.21. The zero-order valence-corrected chi connectivity index (χ0v) is 16.3. The van der Waals surface area contributed by atoms with Gasteiger partial charge in [-0.25, -0.2) is 4.98 Å². The normalized spacial score (nSPS) is 18.0. The zero-order chi connectivity index (χ0) is 19.9. The summed E-state index contributed by atoms with van der Waals surface area (Å²) in [4.78, 5) is 20.9. The Morgan fingerprint density at radius 1 is 0.933 bits per heavy atom. The van der Waals surface area contributed by atoms with Gasteiger partial charge in [-0.15, -0.1) is 0 Å². The van der Waals surface area contributed by atoms with Crippen LogP contribution in [0.4, 0.5) is 5.69 Å². The fraction of sp³-hybridized carbons (Fsp3) is 0.167. The van der Waals surface area contributed by atoms with Crippen molar-refractivity contribution >= 4 is 27.6 Å². The van der Waals surface area contributed by atoms with Crippen molar-refractivity contribution in [3.8, 4) is 11.3 Å². The van der Waals surface area contributed by atoms with Gasteiger partial charge < -0.3 is 10.3 Å². The third-order valence-corrected chi connectivity index (χ3v) is 5.92. The van der Waals surface area contributed by atoms with E-state index in [4.69, 9.17) is 0 Å². The second-order valence-corrected chi connectivity index (χ2v) is 7.87. The predicted molar refractivity (Wildman–Crippen MR) is 118 cm³/mol. The lowest BCUT2D eigenvalue weighted by molar-refractivity contribution is 0.843. The van der Waals surface area contributed by atoms with Gasteiger partial charge in [0.05, 0.1) is 29.3 Å². The Hall–Kier alpha value is -3.80. The average molecular weight is 392 g/mol. The van der Waals surface area contributed by atoms with E-state index in [9.17, 15) is 0 Å². The minimum atomic E-state index is 0.637. The Labute approximate surface area is 173 Å². The third kappa shape index (κ3) is 3.06. The number of rotatable bonds is 5. The largest absolute Gasteiger partial charge is 0.383 e. The van der Waals surface area contributed by atoms with Crippen molar-refractivity contribution < 1.29 is 0 Å². The van der Waals surface area contributed by atoms with Crippen LogP contribution in [0.1, 0.15) is 17.9 Å². The molecule has 0 spiro atoms.